The summed E-state index contributed by atoms with van der Waals surface area (Å²) in [6, 6.07) is 10.8. The molecule has 2 rings (SSSR count). The number of carbonyl (C=O) groups is 2. The Morgan fingerprint density at radius 3 is 2.69 bits per heavy atom. The van der Waals surface area contributed by atoms with Crippen LogP contribution in [-0.2, 0) is 9.59 Å². The van der Waals surface area contributed by atoms with Crippen molar-refractivity contribution in [1.29, 1.82) is 10.5 Å². The zero-order valence-corrected chi connectivity index (χ0v) is 16.0. The molecular weight excluding hydrogens is 372 g/mol. The molecule has 1 aromatic carbocycles. The molecule has 26 heavy (non-hydrogen) atoms. The molecule has 1 aliphatic heterocycles. The third-order valence-corrected chi connectivity index (χ3v) is 5.43. The van der Waals surface area contributed by atoms with Gasteiger partial charge in [-0.1, -0.05) is 43.3 Å². The van der Waals surface area contributed by atoms with Crippen LogP contribution >= 0.6 is 23.4 Å². The van der Waals surface area contributed by atoms with Crippen LogP contribution in [0.15, 0.2) is 34.9 Å². The second-order valence-corrected chi connectivity index (χ2v) is 8.14. The number of carbonyl (C=O) groups excluding carboxylic acids is 2. The number of nitriles is 2. The van der Waals surface area contributed by atoms with Gasteiger partial charge in [-0.3, -0.25) is 9.59 Å². The van der Waals surface area contributed by atoms with E-state index in [1.807, 2.05) is 6.07 Å². The minimum Gasteiger partial charge on any atom is -0.325 e. The number of allylic oxidation sites excluding steroid dienone is 1. The Labute approximate surface area is 161 Å². The van der Waals surface area contributed by atoms with Gasteiger partial charge in [0.25, 0.3) is 0 Å². The maximum Gasteiger partial charge on any atom is 0.243 e. The zero-order chi connectivity index (χ0) is 19.5. The number of anilines is 1. The average molecular weight is 389 g/mol. The zero-order valence-electron chi connectivity index (χ0n) is 14.5. The molecule has 2 N–H and O–H groups in total. The van der Waals surface area contributed by atoms with Gasteiger partial charge in [0.05, 0.1) is 28.0 Å². The summed E-state index contributed by atoms with van der Waals surface area (Å²) in [5.41, 5.74) is -0.0878. The first kappa shape index (κ1) is 19.8. The lowest BCUT2D eigenvalue weighted by atomic mass is 9.72. The number of hydrogen-bond donors (Lipinski definition) is 2. The predicted molar refractivity (Wildman–Crippen MR) is 101 cm³/mol. The van der Waals surface area contributed by atoms with Crippen LogP contribution in [0.5, 0.6) is 0 Å². The molecular formula is C18H17ClN4O2S. The van der Waals surface area contributed by atoms with Gasteiger partial charge >= 0.3 is 0 Å². The Balaban J connectivity index is 2.21. The van der Waals surface area contributed by atoms with Crippen molar-refractivity contribution in [3.8, 4) is 12.1 Å². The monoisotopic (exact) mass is 388 g/mol. The Hall–Kier alpha value is -2.48. The van der Waals surface area contributed by atoms with Gasteiger partial charge in [-0.15, -0.1) is 0 Å². The topological polar surface area (TPSA) is 106 Å². The van der Waals surface area contributed by atoms with E-state index < -0.39 is 22.5 Å². The number of benzene rings is 1. The SMILES string of the molecule is C[C@H](SC1=C(C#N)C(C)(C)[C@H](C#N)C(=O)N1)C(=O)Nc1cccc(Cl)c1. The van der Waals surface area contributed by atoms with E-state index in [4.69, 9.17) is 11.6 Å². The molecule has 8 heteroatoms. The summed E-state index contributed by atoms with van der Waals surface area (Å²) in [6.07, 6.45) is 0. The molecule has 0 saturated carbocycles. The summed E-state index contributed by atoms with van der Waals surface area (Å²) < 4.78 is 0. The minimum absolute atomic E-state index is 0.288. The summed E-state index contributed by atoms with van der Waals surface area (Å²) in [5, 5.41) is 24.3. The lowest BCUT2D eigenvalue weighted by molar-refractivity contribution is -0.125. The number of hydrogen-bond acceptors (Lipinski definition) is 5. The van der Waals surface area contributed by atoms with Crippen molar-refractivity contribution in [3.05, 3.63) is 39.9 Å². The normalized spacial score (nSPS) is 19.8. The molecule has 0 spiro atoms. The highest BCUT2D eigenvalue weighted by molar-refractivity contribution is 8.04. The van der Waals surface area contributed by atoms with Gasteiger partial charge in [0.15, 0.2) is 0 Å². The second kappa shape index (κ2) is 7.82. The first-order valence-electron chi connectivity index (χ1n) is 7.79. The Kier molecular flexibility index (Phi) is 5.97. The summed E-state index contributed by atoms with van der Waals surface area (Å²) >= 11 is 6.98. The Bertz CT molecular complexity index is 867. The van der Waals surface area contributed by atoms with Crippen molar-refractivity contribution >= 4 is 40.9 Å². The van der Waals surface area contributed by atoms with E-state index in [2.05, 4.69) is 16.7 Å². The van der Waals surface area contributed by atoms with Crippen LogP contribution in [0, 0.1) is 34.0 Å². The van der Waals surface area contributed by atoms with E-state index in [1.165, 1.54) is 0 Å². The van der Waals surface area contributed by atoms with Gasteiger partial charge in [0.1, 0.15) is 5.92 Å². The van der Waals surface area contributed by atoms with Crippen LogP contribution in [0.4, 0.5) is 5.69 Å². The summed E-state index contributed by atoms with van der Waals surface area (Å²) in [7, 11) is 0. The van der Waals surface area contributed by atoms with E-state index in [0.717, 1.165) is 11.8 Å². The number of thioether (sulfide) groups is 1. The van der Waals surface area contributed by atoms with Crippen molar-refractivity contribution in [2.24, 2.45) is 11.3 Å². The van der Waals surface area contributed by atoms with Gasteiger partial charge in [-0.2, -0.15) is 10.5 Å². The van der Waals surface area contributed by atoms with Crippen LogP contribution in [0.3, 0.4) is 0 Å². The fraction of sp³-hybridized carbons (Fsp3) is 0.333. The Morgan fingerprint density at radius 2 is 2.12 bits per heavy atom. The molecule has 0 bridgehead atoms. The van der Waals surface area contributed by atoms with Gasteiger partial charge in [0.2, 0.25) is 11.8 Å². The largest absolute Gasteiger partial charge is 0.325 e. The molecule has 0 aliphatic carbocycles. The van der Waals surface area contributed by atoms with Crippen molar-refractivity contribution in [3.63, 3.8) is 0 Å². The third kappa shape index (κ3) is 4.01. The fourth-order valence-corrected chi connectivity index (χ4v) is 3.85. The van der Waals surface area contributed by atoms with Crippen LogP contribution in [0.1, 0.15) is 20.8 Å². The van der Waals surface area contributed by atoms with Crippen molar-refractivity contribution in [2.45, 2.75) is 26.0 Å². The van der Waals surface area contributed by atoms with Crippen LogP contribution in [-0.4, -0.2) is 17.1 Å². The smallest absolute Gasteiger partial charge is 0.243 e. The number of halogens is 1. The maximum atomic E-state index is 12.4. The number of rotatable bonds is 4. The number of nitrogens with zero attached hydrogens (tertiary/aromatic N) is 2. The standard InChI is InChI=1S/C18H17ClN4O2S/c1-10(15(24)22-12-6-4-5-11(19)7-12)26-17-14(9-21)18(2,3)13(8-20)16(25)23-17/h4-7,10,13H,1-3H3,(H,22,24)(H,23,25)/t10-,13+/m0/s1. The van der Waals surface area contributed by atoms with E-state index in [-0.39, 0.29) is 11.5 Å². The second-order valence-electron chi connectivity index (χ2n) is 6.35. The first-order chi connectivity index (χ1) is 12.2. The fourth-order valence-electron chi connectivity index (χ4n) is 2.55. The highest BCUT2D eigenvalue weighted by atomic mass is 35.5. The van der Waals surface area contributed by atoms with Crippen molar-refractivity contribution in [2.75, 3.05) is 5.32 Å². The molecule has 0 fully saturated rings. The molecule has 1 heterocycles. The highest BCUT2D eigenvalue weighted by Gasteiger charge is 2.45. The molecule has 0 unspecified atom stereocenters. The van der Waals surface area contributed by atoms with Crippen molar-refractivity contribution < 1.29 is 9.59 Å². The van der Waals surface area contributed by atoms with Gasteiger partial charge < -0.3 is 10.6 Å². The number of nitrogens with one attached hydrogen (secondary N) is 2. The van der Waals surface area contributed by atoms with Crippen molar-refractivity contribution in [1.82, 2.24) is 5.32 Å². The number of amides is 2. The molecule has 0 radical (unpaired) electrons. The van der Waals surface area contributed by atoms with Gasteiger partial charge in [0, 0.05) is 16.1 Å². The molecule has 6 nitrogen and oxygen atoms in total. The molecule has 1 aliphatic rings. The van der Waals surface area contributed by atoms with Gasteiger partial charge in [-0.25, -0.2) is 0 Å². The van der Waals surface area contributed by atoms with E-state index >= 15 is 0 Å². The molecule has 0 aromatic heterocycles. The maximum absolute atomic E-state index is 12.4. The molecule has 2 atom stereocenters. The predicted octanol–water partition coefficient (Wildman–Crippen LogP) is 3.43. The minimum atomic E-state index is -0.961. The van der Waals surface area contributed by atoms with Crippen LogP contribution in [0.25, 0.3) is 0 Å². The summed E-state index contributed by atoms with van der Waals surface area (Å²) in [4.78, 5) is 24.6. The molecule has 1 aromatic rings. The summed E-state index contributed by atoms with van der Waals surface area (Å²) in [5.74, 6) is -1.73. The lowest BCUT2D eigenvalue weighted by Gasteiger charge is -2.35. The average Bonchev–Trinajstić information content (AvgIpc) is 2.54. The molecule has 134 valence electrons. The highest BCUT2D eigenvalue weighted by Crippen LogP contribution is 2.42. The first-order valence-corrected chi connectivity index (χ1v) is 9.05. The van der Waals surface area contributed by atoms with E-state index in [1.54, 1.807) is 45.0 Å². The van der Waals surface area contributed by atoms with Crippen LogP contribution in [0.2, 0.25) is 5.02 Å². The van der Waals surface area contributed by atoms with E-state index in [9.17, 15) is 20.1 Å². The Morgan fingerprint density at radius 1 is 1.42 bits per heavy atom. The van der Waals surface area contributed by atoms with Gasteiger partial charge in [-0.05, 0) is 25.1 Å². The lowest BCUT2D eigenvalue weighted by Crippen LogP contribution is -2.45. The van der Waals surface area contributed by atoms with E-state index in [0.29, 0.717) is 15.7 Å². The van der Waals surface area contributed by atoms with Crippen LogP contribution < -0.4 is 10.6 Å². The molecule has 0 saturated heterocycles. The quantitative estimate of drug-likeness (QED) is 0.821. The summed E-state index contributed by atoms with van der Waals surface area (Å²) in [6.45, 7) is 5.02. The third-order valence-electron chi connectivity index (χ3n) is 4.09. The molecule has 2 amide bonds.